The third-order valence-electron chi connectivity index (χ3n) is 6.52. The second-order valence-corrected chi connectivity index (χ2v) is 8.92. The average Bonchev–Trinajstić information content (AvgIpc) is 2.81. The van der Waals surface area contributed by atoms with Gasteiger partial charge in [-0.15, -0.1) is 10.2 Å². The monoisotopic (exact) mass is 426 g/mol. The number of nitrogens with zero attached hydrogens (tertiary/aromatic N) is 4. The fourth-order valence-electron chi connectivity index (χ4n) is 4.88. The van der Waals surface area contributed by atoms with Crippen LogP contribution in [-0.2, 0) is 4.79 Å². The summed E-state index contributed by atoms with van der Waals surface area (Å²) in [4.78, 5) is 17.7. The fourth-order valence-corrected chi connectivity index (χ4v) is 5.00. The number of aromatic nitrogens is 2. The molecule has 2 aromatic rings. The molecule has 1 aromatic carbocycles. The van der Waals surface area contributed by atoms with Crippen molar-refractivity contribution in [1.82, 2.24) is 15.1 Å². The zero-order valence-corrected chi connectivity index (χ0v) is 18.5. The summed E-state index contributed by atoms with van der Waals surface area (Å²) in [5.41, 5.74) is 1.82. The summed E-state index contributed by atoms with van der Waals surface area (Å²) in [6.45, 7) is 4.59. The molecule has 2 aliphatic rings. The molecule has 2 fully saturated rings. The Kier molecular flexibility index (Phi) is 6.88. The highest BCUT2D eigenvalue weighted by Gasteiger charge is 2.33. The lowest BCUT2D eigenvalue weighted by molar-refractivity contribution is -0.138. The summed E-state index contributed by atoms with van der Waals surface area (Å²) in [5, 5.41) is 9.60. The summed E-state index contributed by atoms with van der Waals surface area (Å²) >= 11 is 5.97. The number of piperidine rings is 1. The number of hydrogen-bond acceptors (Lipinski definition) is 4. The number of halogens is 1. The normalized spacial score (nSPS) is 20.2. The number of amides is 1. The van der Waals surface area contributed by atoms with Crippen LogP contribution in [0.25, 0.3) is 11.3 Å². The van der Waals surface area contributed by atoms with Crippen LogP contribution in [0.2, 0.25) is 5.02 Å². The predicted octanol–water partition coefficient (Wildman–Crippen LogP) is 5.19. The first-order chi connectivity index (χ1) is 14.7. The third-order valence-corrected chi connectivity index (χ3v) is 6.78. The molecule has 1 atom stereocenters. The number of hydrogen-bond donors (Lipinski definition) is 0. The molecule has 2 heterocycles. The molecule has 1 saturated carbocycles. The van der Waals surface area contributed by atoms with Gasteiger partial charge in [-0.1, -0.05) is 43.0 Å². The van der Waals surface area contributed by atoms with E-state index in [1.165, 1.54) is 19.3 Å². The summed E-state index contributed by atoms with van der Waals surface area (Å²) in [5.74, 6) is 1.24. The van der Waals surface area contributed by atoms with E-state index in [4.69, 9.17) is 11.6 Å². The van der Waals surface area contributed by atoms with Crippen LogP contribution in [0, 0.1) is 5.92 Å². The molecule has 1 aromatic heterocycles. The van der Waals surface area contributed by atoms with Crippen LogP contribution in [0.4, 0.5) is 5.82 Å². The maximum atomic E-state index is 13.3. The van der Waals surface area contributed by atoms with Gasteiger partial charge in [0.1, 0.15) is 0 Å². The van der Waals surface area contributed by atoms with E-state index in [-0.39, 0.29) is 5.92 Å². The molecule has 1 aliphatic carbocycles. The van der Waals surface area contributed by atoms with Gasteiger partial charge in [0, 0.05) is 36.3 Å². The number of carbonyl (C=O) groups is 1. The number of benzene rings is 1. The molecule has 0 spiro atoms. The second-order valence-electron chi connectivity index (χ2n) is 8.48. The minimum absolute atomic E-state index is 0.0540. The molecule has 1 unspecified atom stereocenters. The zero-order chi connectivity index (χ0) is 20.9. The van der Waals surface area contributed by atoms with Crippen LogP contribution in [0.15, 0.2) is 36.4 Å². The van der Waals surface area contributed by atoms with E-state index in [1.807, 2.05) is 36.4 Å². The number of anilines is 1. The van der Waals surface area contributed by atoms with Crippen molar-refractivity contribution in [2.45, 2.75) is 57.9 Å². The molecular weight excluding hydrogens is 396 g/mol. The van der Waals surface area contributed by atoms with E-state index in [1.54, 1.807) is 0 Å². The smallest absolute Gasteiger partial charge is 0.227 e. The number of rotatable bonds is 5. The van der Waals surface area contributed by atoms with Crippen molar-refractivity contribution in [1.29, 1.82) is 0 Å². The van der Waals surface area contributed by atoms with E-state index in [2.05, 4.69) is 26.9 Å². The van der Waals surface area contributed by atoms with E-state index in [9.17, 15) is 4.79 Å². The van der Waals surface area contributed by atoms with Crippen LogP contribution >= 0.6 is 11.6 Å². The topological polar surface area (TPSA) is 49.3 Å². The van der Waals surface area contributed by atoms with E-state index >= 15 is 0 Å². The van der Waals surface area contributed by atoms with Crippen LogP contribution in [0.3, 0.4) is 0 Å². The molecule has 0 radical (unpaired) electrons. The van der Waals surface area contributed by atoms with Gasteiger partial charge in [-0.2, -0.15) is 0 Å². The van der Waals surface area contributed by atoms with Crippen LogP contribution in [0.5, 0.6) is 0 Å². The highest BCUT2D eigenvalue weighted by atomic mass is 35.5. The molecule has 30 heavy (non-hydrogen) atoms. The Labute approximate surface area is 184 Å². The van der Waals surface area contributed by atoms with Gasteiger partial charge in [0.25, 0.3) is 0 Å². The van der Waals surface area contributed by atoms with Crippen molar-refractivity contribution < 1.29 is 4.79 Å². The Morgan fingerprint density at radius 2 is 1.80 bits per heavy atom. The SMILES string of the molecule is CCN(C(=O)C1CCCN(c2ccc(-c3ccc(Cl)cc3)nn2)C1)C1CCCCC1. The summed E-state index contributed by atoms with van der Waals surface area (Å²) < 4.78 is 0. The van der Waals surface area contributed by atoms with E-state index < -0.39 is 0 Å². The fraction of sp³-hybridized carbons (Fsp3) is 0.542. The van der Waals surface area contributed by atoms with Crippen LogP contribution in [-0.4, -0.2) is 46.7 Å². The highest BCUT2D eigenvalue weighted by Crippen LogP contribution is 2.28. The minimum Gasteiger partial charge on any atom is -0.354 e. The van der Waals surface area contributed by atoms with Crippen molar-refractivity contribution in [3.8, 4) is 11.3 Å². The molecule has 1 amide bonds. The van der Waals surface area contributed by atoms with Crippen LogP contribution in [0.1, 0.15) is 51.9 Å². The minimum atomic E-state index is 0.0540. The van der Waals surface area contributed by atoms with Crippen LogP contribution < -0.4 is 4.90 Å². The van der Waals surface area contributed by atoms with Crippen molar-refractivity contribution >= 4 is 23.3 Å². The standard InChI is InChI=1S/C24H31ClN4O/c1-2-29(21-8-4-3-5-9-21)24(30)19-7-6-16-28(17-19)23-15-14-22(26-27-23)18-10-12-20(25)13-11-18/h10-15,19,21H,2-9,16-17H2,1H3. The maximum absolute atomic E-state index is 13.3. The van der Waals surface area contributed by atoms with E-state index in [0.717, 1.165) is 62.4 Å². The van der Waals surface area contributed by atoms with Gasteiger partial charge in [0.05, 0.1) is 11.6 Å². The Morgan fingerprint density at radius 1 is 1.03 bits per heavy atom. The third kappa shape index (κ3) is 4.77. The largest absolute Gasteiger partial charge is 0.354 e. The van der Waals surface area contributed by atoms with Gasteiger partial charge in [-0.25, -0.2) is 0 Å². The first kappa shape index (κ1) is 21.1. The maximum Gasteiger partial charge on any atom is 0.227 e. The summed E-state index contributed by atoms with van der Waals surface area (Å²) in [6.07, 6.45) is 8.11. The molecule has 1 saturated heterocycles. The van der Waals surface area contributed by atoms with Crippen molar-refractivity contribution in [3.63, 3.8) is 0 Å². The first-order valence-corrected chi connectivity index (χ1v) is 11.7. The average molecular weight is 427 g/mol. The van der Waals surface area contributed by atoms with Gasteiger partial charge < -0.3 is 9.80 Å². The molecule has 0 bridgehead atoms. The van der Waals surface area contributed by atoms with E-state index in [0.29, 0.717) is 17.0 Å². The molecular formula is C24H31ClN4O. The Morgan fingerprint density at radius 3 is 2.47 bits per heavy atom. The van der Waals surface area contributed by atoms with Crippen molar-refractivity contribution in [2.24, 2.45) is 5.92 Å². The lowest BCUT2D eigenvalue weighted by atomic mass is 9.91. The first-order valence-electron chi connectivity index (χ1n) is 11.3. The van der Waals surface area contributed by atoms with Crippen molar-refractivity contribution in [3.05, 3.63) is 41.4 Å². The van der Waals surface area contributed by atoms with Gasteiger partial charge in [-0.05, 0) is 56.9 Å². The Bertz CT molecular complexity index is 833. The Balaban J connectivity index is 1.43. The van der Waals surface area contributed by atoms with Gasteiger partial charge in [-0.3, -0.25) is 4.79 Å². The van der Waals surface area contributed by atoms with Gasteiger partial charge in [0.2, 0.25) is 5.91 Å². The van der Waals surface area contributed by atoms with Gasteiger partial charge >= 0.3 is 0 Å². The lowest BCUT2D eigenvalue weighted by Crippen LogP contribution is -2.49. The molecule has 5 nitrogen and oxygen atoms in total. The van der Waals surface area contributed by atoms with Crippen molar-refractivity contribution in [2.75, 3.05) is 24.5 Å². The molecule has 1 aliphatic heterocycles. The summed E-state index contributed by atoms with van der Waals surface area (Å²) in [7, 11) is 0. The molecule has 160 valence electrons. The predicted molar refractivity (Wildman–Crippen MR) is 122 cm³/mol. The van der Waals surface area contributed by atoms with Gasteiger partial charge in [0.15, 0.2) is 5.82 Å². The quantitative estimate of drug-likeness (QED) is 0.659. The zero-order valence-electron chi connectivity index (χ0n) is 17.8. The lowest BCUT2D eigenvalue weighted by Gasteiger charge is -2.39. The number of carbonyl (C=O) groups excluding carboxylic acids is 1. The second kappa shape index (κ2) is 9.78. The molecule has 0 N–H and O–H groups in total. The molecule has 6 heteroatoms. The Hall–Kier alpha value is -2.14. The molecule has 4 rings (SSSR count). The summed E-state index contributed by atoms with van der Waals surface area (Å²) in [6, 6.07) is 12.1. The highest BCUT2D eigenvalue weighted by molar-refractivity contribution is 6.30.